The first-order valence-electron chi connectivity index (χ1n) is 6.13. The molecule has 2 heterocycles. The van der Waals surface area contributed by atoms with Gasteiger partial charge in [-0.05, 0) is 42.9 Å². The number of nitrogens with zero attached hydrogens (tertiary/aromatic N) is 4. The molecule has 1 aromatic carbocycles. The summed E-state index contributed by atoms with van der Waals surface area (Å²) in [6.45, 7) is 1.91. The minimum Gasteiger partial charge on any atom is -0.282 e. The van der Waals surface area contributed by atoms with Gasteiger partial charge in [-0.3, -0.25) is 5.10 Å². The Balaban J connectivity index is 1.99. The highest BCUT2D eigenvalue weighted by molar-refractivity contribution is 7.71. The smallest absolute Gasteiger partial charge is 0.216 e. The molecule has 21 heavy (non-hydrogen) atoms. The molecule has 3 aromatic rings. The molecule has 0 fully saturated rings. The van der Waals surface area contributed by atoms with E-state index >= 15 is 0 Å². The van der Waals surface area contributed by atoms with Gasteiger partial charge in [0.15, 0.2) is 0 Å². The summed E-state index contributed by atoms with van der Waals surface area (Å²) in [5.74, 6) is 0.544. The zero-order valence-corrected chi connectivity index (χ0v) is 12.6. The Bertz CT molecular complexity index is 859. The fraction of sp³-hybridized carbons (Fsp3) is 0.0769. The van der Waals surface area contributed by atoms with Crippen LogP contribution in [0.4, 0.5) is 0 Å². The molecule has 0 bridgehead atoms. The molecule has 0 atom stereocenters. The SMILES string of the molecule is Cc1cc(-c2n[nH]c(=S)n2/N=C\c2cccc(Cl)c2)n[nH]1. The van der Waals surface area contributed by atoms with Crippen LogP contribution in [0, 0.1) is 11.7 Å². The summed E-state index contributed by atoms with van der Waals surface area (Å²) in [4.78, 5) is 0. The number of H-pyrrole nitrogens is 2. The van der Waals surface area contributed by atoms with E-state index in [4.69, 9.17) is 23.8 Å². The van der Waals surface area contributed by atoms with Crippen LogP contribution in [-0.2, 0) is 0 Å². The first kappa shape index (κ1) is 13.7. The third-order valence-electron chi connectivity index (χ3n) is 2.76. The highest BCUT2D eigenvalue weighted by Gasteiger charge is 2.10. The minimum atomic E-state index is 0.393. The average Bonchev–Trinajstić information content (AvgIpc) is 3.03. The van der Waals surface area contributed by atoms with E-state index in [-0.39, 0.29) is 0 Å². The molecule has 106 valence electrons. The summed E-state index contributed by atoms with van der Waals surface area (Å²) >= 11 is 11.1. The summed E-state index contributed by atoms with van der Waals surface area (Å²) in [6.07, 6.45) is 1.67. The summed E-state index contributed by atoms with van der Waals surface area (Å²) in [5, 5.41) is 18.9. The van der Waals surface area contributed by atoms with Crippen molar-refractivity contribution in [1.29, 1.82) is 0 Å². The summed E-state index contributed by atoms with van der Waals surface area (Å²) in [5.41, 5.74) is 2.47. The van der Waals surface area contributed by atoms with Crippen molar-refractivity contribution in [1.82, 2.24) is 25.1 Å². The Morgan fingerprint density at radius 1 is 1.29 bits per heavy atom. The highest BCUT2D eigenvalue weighted by atomic mass is 35.5. The van der Waals surface area contributed by atoms with Crippen molar-refractivity contribution in [3.8, 4) is 11.5 Å². The molecule has 2 aromatic heterocycles. The predicted molar refractivity (Wildman–Crippen MR) is 84.2 cm³/mol. The van der Waals surface area contributed by atoms with Crippen molar-refractivity contribution >= 4 is 30.0 Å². The number of hydrogen-bond acceptors (Lipinski definition) is 4. The molecule has 2 N–H and O–H groups in total. The zero-order chi connectivity index (χ0) is 14.8. The number of hydrogen-bond donors (Lipinski definition) is 2. The molecular formula is C13H11ClN6S. The number of aromatic amines is 2. The number of nitrogens with one attached hydrogen (secondary N) is 2. The van der Waals surface area contributed by atoms with Crippen LogP contribution in [-0.4, -0.2) is 31.3 Å². The van der Waals surface area contributed by atoms with Gasteiger partial charge in [-0.15, -0.1) is 0 Å². The van der Waals surface area contributed by atoms with Gasteiger partial charge in [0.05, 0.1) is 6.21 Å². The first-order chi connectivity index (χ1) is 10.1. The maximum absolute atomic E-state index is 5.94. The summed E-state index contributed by atoms with van der Waals surface area (Å²) in [6, 6.07) is 9.25. The largest absolute Gasteiger partial charge is 0.282 e. The lowest BCUT2D eigenvalue weighted by Crippen LogP contribution is -1.95. The normalized spacial score (nSPS) is 11.3. The van der Waals surface area contributed by atoms with Gasteiger partial charge in [0.2, 0.25) is 10.6 Å². The van der Waals surface area contributed by atoms with Crippen LogP contribution in [0.5, 0.6) is 0 Å². The minimum absolute atomic E-state index is 0.393. The Kier molecular flexibility index (Phi) is 3.68. The Hall–Kier alpha value is -2.25. The molecule has 0 aliphatic heterocycles. The molecule has 0 aliphatic rings. The van der Waals surface area contributed by atoms with Crippen molar-refractivity contribution in [3.63, 3.8) is 0 Å². The van der Waals surface area contributed by atoms with Crippen LogP contribution in [0.2, 0.25) is 5.02 Å². The van der Waals surface area contributed by atoms with Crippen LogP contribution < -0.4 is 0 Å². The van der Waals surface area contributed by atoms with Gasteiger partial charge in [0.25, 0.3) is 0 Å². The van der Waals surface area contributed by atoms with E-state index in [0.717, 1.165) is 11.3 Å². The Morgan fingerprint density at radius 3 is 2.86 bits per heavy atom. The number of rotatable bonds is 3. The first-order valence-corrected chi connectivity index (χ1v) is 6.92. The topological polar surface area (TPSA) is 74.7 Å². The molecule has 0 radical (unpaired) electrons. The van der Waals surface area contributed by atoms with Crippen LogP contribution >= 0.6 is 23.8 Å². The van der Waals surface area contributed by atoms with Crippen LogP contribution in [0.1, 0.15) is 11.3 Å². The van der Waals surface area contributed by atoms with Crippen LogP contribution in [0.3, 0.4) is 0 Å². The van der Waals surface area contributed by atoms with Gasteiger partial charge in [0.1, 0.15) is 5.69 Å². The molecule has 0 saturated carbocycles. The van der Waals surface area contributed by atoms with Crippen LogP contribution in [0.25, 0.3) is 11.5 Å². The van der Waals surface area contributed by atoms with E-state index in [1.807, 2.05) is 31.2 Å². The average molecular weight is 319 g/mol. The molecular weight excluding hydrogens is 308 g/mol. The van der Waals surface area contributed by atoms with Gasteiger partial charge in [-0.1, -0.05) is 23.7 Å². The van der Waals surface area contributed by atoms with Crippen molar-refractivity contribution in [2.24, 2.45) is 5.10 Å². The third-order valence-corrected chi connectivity index (χ3v) is 3.26. The van der Waals surface area contributed by atoms with E-state index in [2.05, 4.69) is 25.5 Å². The molecule has 3 rings (SSSR count). The second-order valence-electron chi connectivity index (χ2n) is 4.40. The van der Waals surface area contributed by atoms with Crippen molar-refractivity contribution in [3.05, 3.63) is 51.4 Å². The molecule has 0 spiro atoms. The standard InChI is InChI=1S/C13H11ClN6S/c1-8-5-11(17-16-8)12-18-19-13(21)20(12)15-7-9-3-2-4-10(14)6-9/h2-7H,1H3,(H,16,17)(H,19,21)/b15-7-. The van der Waals surface area contributed by atoms with E-state index in [9.17, 15) is 0 Å². The number of aryl methyl sites for hydroxylation is 1. The van der Waals surface area contributed by atoms with Gasteiger partial charge in [-0.2, -0.15) is 20.0 Å². The van der Waals surface area contributed by atoms with E-state index in [1.165, 1.54) is 4.68 Å². The molecule has 6 nitrogen and oxygen atoms in total. The van der Waals surface area contributed by atoms with Crippen molar-refractivity contribution in [2.75, 3.05) is 0 Å². The Labute approximate surface area is 130 Å². The van der Waals surface area contributed by atoms with Gasteiger partial charge in [0, 0.05) is 10.7 Å². The number of benzene rings is 1. The van der Waals surface area contributed by atoms with E-state index < -0.39 is 0 Å². The van der Waals surface area contributed by atoms with E-state index in [0.29, 0.717) is 21.3 Å². The van der Waals surface area contributed by atoms with Crippen LogP contribution in [0.15, 0.2) is 35.4 Å². The molecule has 0 amide bonds. The zero-order valence-electron chi connectivity index (χ0n) is 11.0. The van der Waals surface area contributed by atoms with Gasteiger partial charge < -0.3 is 0 Å². The van der Waals surface area contributed by atoms with Crippen molar-refractivity contribution in [2.45, 2.75) is 6.92 Å². The molecule has 0 aliphatic carbocycles. The fourth-order valence-electron chi connectivity index (χ4n) is 1.81. The molecule has 0 unspecified atom stereocenters. The summed E-state index contributed by atoms with van der Waals surface area (Å²) < 4.78 is 1.91. The molecule has 8 heteroatoms. The second kappa shape index (κ2) is 5.63. The highest BCUT2D eigenvalue weighted by Crippen LogP contribution is 2.15. The third kappa shape index (κ3) is 2.93. The lowest BCUT2D eigenvalue weighted by atomic mass is 10.2. The van der Waals surface area contributed by atoms with Crippen molar-refractivity contribution < 1.29 is 0 Å². The quantitative estimate of drug-likeness (QED) is 0.575. The van der Waals surface area contributed by atoms with E-state index in [1.54, 1.807) is 12.3 Å². The van der Waals surface area contributed by atoms with Gasteiger partial charge >= 0.3 is 0 Å². The maximum atomic E-state index is 5.94. The lowest BCUT2D eigenvalue weighted by molar-refractivity contribution is 0.865. The Morgan fingerprint density at radius 2 is 2.14 bits per heavy atom. The maximum Gasteiger partial charge on any atom is 0.216 e. The molecule has 0 saturated heterocycles. The second-order valence-corrected chi connectivity index (χ2v) is 5.22. The number of halogens is 1. The predicted octanol–water partition coefficient (Wildman–Crippen LogP) is 3.17. The summed E-state index contributed by atoms with van der Waals surface area (Å²) in [7, 11) is 0. The number of aromatic nitrogens is 5. The lowest BCUT2D eigenvalue weighted by Gasteiger charge is -1.97. The fourth-order valence-corrected chi connectivity index (χ4v) is 2.19. The van der Waals surface area contributed by atoms with Gasteiger partial charge in [-0.25, -0.2) is 5.10 Å². The monoisotopic (exact) mass is 318 g/mol.